The van der Waals surface area contributed by atoms with Crippen LogP contribution in [0.1, 0.15) is 13.8 Å². The minimum atomic E-state index is -0.740. The molecule has 0 unspecified atom stereocenters. The molecule has 2 heterocycles. The van der Waals surface area contributed by atoms with Gasteiger partial charge in [-0.15, -0.1) is 0 Å². The number of aromatic hydroxyl groups is 2. The van der Waals surface area contributed by atoms with Gasteiger partial charge in [0.25, 0.3) is 0 Å². The quantitative estimate of drug-likeness (QED) is 0.650. The van der Waals surface area contributed by atoms with Crippen molar-refractivity contribution in [1.29, 1.82) is 0 Å². The zero-order chi connectivity index (χ0) is 21.5. The lowest BCUT2D eigenvalue weighted by Crippen LogP contribution is -2.21. The molecule has 4 rings (SSSR count). The zero-order valence-electron chi connectivity index (χ0n) is 16.6. The largest absolute Gasteiger partial charge is 0.508 e. The van der Waals surface area contributed by atoms with Crippen molar-refractivity contribution in [2.24, 2.45) is 0 Å². The number of methoxy groups -OCH3 is 1. The average Bonchev–Trinajstić information content (AvgIpc) is 3.04. The molecule has 0 amide bonds. The van der Waals surface area contributed by atoms with Crippen LogP contribution in [0, 0.1) is 0 Å². The Morgan fingerprint density at radius 3 is 2.57 bits per heavy atom. The van der Waals surface area contributed by atoms with Crippen LogP contribution < -0.4 is 14.9 Å². The molecule has 1 aliphatic heterocycles. The highest BCUT2D eigenvalue weighted by Crippen LogP contribution is 2.35. The van der Waals surface area contributed by atoms with Gasteiger partial charge in [-0.05, 0) is 18.2 Å². The first-order valence-corrected chi connectivity index (χ1v) is 9.13. The second-order valence-corrected chi connectivity index (χ2v) is 7.17. The van der Waals surface area contributed by atoms with Gasteiger partial charge in [-0.3, -0.25) is 4.79 Å². The van der Waals surface area contributed by atoms with Gasteiger partial charge in [-0.1, -0.05) is 0 Å². The van der Waals surface area contributed by atoms with Gasteiger partial charge >= 0.3 is 0 Å². The highest BCUT2D eigenvalue weighted by molar-refractivity contribution is 5.86. The molecule has 0 atom stereocenters. The Morgan fingerprint density at radius 2 is 1.87 bits per heavy atom. The van der Waals surface area contributed by atoms with Crippen molar-refractivity contribution in [3.8, 4) is 34.3 Å². The molecule has 0 bridgehead atoms. The van der Waals surface area contributed by atoms with Crippen LogP contribution in [0.3, 0.4) is 0 Å². The summed E-state index contributed by atoms with van der Waals surface area (Å²) < 4.78 is 27.9. The maximum Gasteiger partial charge on any atom is 0.244 e. The van der Waals surface area contributed by atoms with Gasteiger partial charge in [0.2, 0.25) is 5.79 Å². The van der Waals surface area contributed by atoms with Crippen LogP contribution in [0.2, 0.25) is 0 Å². The van der Waals surface area contributed by atoms with Crippen molar-refractivity contribution in [3.05, 3.63) is 58.6 Å². The van der Waals surface area contributed by atoms with Crippen LogP contribution >= 0.6 is 0 Å². The molecule has 0 fully saturated rings. The Hall–Kier alpha value is -3.81. The van der Waals surface area contributed by atoms with E-state index in [4.69, 9.17) is 23.4 Å². The average molecular weight is 412 g/mol. The molecule has 0 saturated heterocycles. The number of ether oxygens (including phenoxy) is 4. The lowest BCUT2D eigenvalue weighted by molar-refractivity contribution is -0.119. The first-order chi connectivity index (χ1) is 14.3. The molecule has 3 aromatic rings. The maximum absolute atomic E-state index is 12.5. The van der Waals surface area contributed by atoms with E-state index in [1.807, 2.05) is 0 Å². The van der Waals surface area contributed by atoms with Gasteiger partial charge in [0.15, 0.2) is 22.7 Å². The number of benzene rings is 2. The van der Waals surface area contributed by atoms with E-state index < -0.39 is 11.2 Å². The van der Waals surface area contributed by atoms with Gasteiger partial charge in [0.05, 0.1) is 7.11 Å². The van der Waals surface area contributed by atoms with Crippen LogP contribution in [0.25, 0.3) is 22.3 Å². The third kappa shape index (κ3) is 3.71. The summed E-state index contributed by atoms with van der Waals surface area (Å²) in [5.74, 6) is 0.354. The first kappa shape index (κ1) is 19.5. The molecule has 8 nitrogen and oxygen atoms in total. The third-order valence-electron chi connectivity index (χ3n) is 4.46. The summed E-state index contributed by atoms with van der Waals surface area (Å²) in [5.41, 5.74) is 0.175. The number of phenols is 2. The number of hydrogen-bond acceptors (Lipinski definition) is 8. The van der Waals surface area contributed by atoms with Crippen molar-refractivity contribution in [2.75, 3.05) is 13.7 Å². The number of fused-ring (bicyclic) bond motifs is 1. The van der Waals surface area contributed by atoms with Crippen molar-refractivity contribution in [2.45, 2.75) is 19.6 Å². The molecule has 2 N–H and O–H groups in total. The maximum atomic E-state index is 12.5. The fraction of sp³-hybridized carbons (Fsp3) is 0.227. The highest BCUT2D eigenvalue weighted by Gasteiger charge is 2.28. The Morgan fingerprint density at radius 1 is 1.07 bits per heavy atom. The van der Waals surface area contributed by atoms with Crippen LogP contribution in [0.5, 0.6) is 23.0 Å². The predicted molar refractivity (Wildman–Crippen MR) is 108 cm³/mol. The molecule has 0 spiro atoms. The Bertz CT molecular complexity index is 1210. The van der Waals surface area contributed by atoms with E-state index in [-0.39, 0.29) is 34.8 Å². The van der Waals surface area contributed by atoms with Gasteiger partial charge in [0.1, 0.15) is 41.1 Å². The van der Waals surface area contributed by atoms with Gasteiger partial charge in [-0.2, -0.15) is 0 Å². The van der Waals surface area contributed by atoms with Gasteiger partial charge in [0, 0.05) is 37.6 Å². The second kappa shape index (κ2) is 7.22. The number of rotatable bonds is 5. The van der Waals surface area contributed by atoms with E-state index in [1.54, 1.807) is 32.0 Å². The predicted octanol–water partition coefficient (Wildman–Crippen LogP) is 3.88. The SMILES string of the molecule is COc1ccc(-c2cc(=O)c3c(O)cc(O)cc3o2)cc1OCC1=COC(C)(C)O1. The molecule has 0 aliphatic carbocycles. The van der Waals surface area contributed by atoms with E-state index in [9.17, 15) is 15.0 Å². The molecule has 1 aliphatic rings. The molecule has 8 heteroatoms. The summed E-state index contributed by atoms with van der Waals surface area (Å²) in [5, 5.41) is 19.6. The van der Waals surface area contributed by atoms with E-state index in [2.05, 4.69) is 0 Å². The molecular formula is C22H20O8. The summed E-state index contributed by atoms with van der Waals surface area (Å²) in [6.45, 7) is 3.69. The van der Waals surface area contributed by atoms with Crippen LogP contribution in [-0.4, -0.2) is 29.7 Å². The van der Waals surface area contributed by atoms with E-state index in [1.165, 1.54) is 25.5 Å². The molecule has 1 aromatic heterocycles. The van der Waals surface area contributed by atoms with Gasteiger partial charge in [-0.25, -0.2) is 0 Å². The third-order valence-corrected chi connectivity index (χ3v) is 4.46. The summed E-state index contributed by atoms with van der Waals surface area (Å²) in [4.78, 5) is 12.5. The summed E-state index contributed by atoms with van der Waals surface area (Å²) >= 11 is 0. The van der Waals surface area contributed by atoms with Crippen LogP contribution in [0.4, 0.5) is 0 Å². The van der Waals surface area contributed by atoms with E-state index in [0.29, 0.717) is 22.8 Å². The smallest absolute Gasteiger partial charge is 0.244 e. The van der Waals surface area contributed by atoms with Crippen molar-refractivity contribution in [1.82, 2.24) is 0 Å². The molecule has 2 aromatic carbocycles. The Kier molecular flexibility index (Phi) is 4.69. The monoisotopic (exact) mass is 412 g/mol. The van der Waals surface area contributed by atoms with E-state index in [0.717, 1.165) is 6.07 Å². The molecule has 156 valence electrons. The minimum absolute atomic E-state index is 0.00512. The summed E-state index contributed by atoms with van der Waals surface area (Å²) in [6.07, 6.45) is 1.50. The zero-order valence-corrected chi connectivity index (χ0v) is 16.6. The Labute approximate surface area is 171 Å². The fourth-order valence-electron chi connectivity index (χ4n) is 3.12. The lowest BCUT2D eigenvalue weighted by Gasteiger charge is -2.18. The van der Waals surface area contributed by atoms with Crippen molar-refractivity contribution < 1.29 is 33.6 Å². The number of phenolic OH excluding ortho intramolecular Hbond substituents is 2. The summed E-state index contributed by atoms with van der Waals surface area (Å²) in [7, 11) is 1.52. The van der Waals surface area contributed by atoms with E-state index >= 15 is 0 Å². The topological polar surface area (TPSA) is 108 Å². The van der Waals surface area contributed by atoms with Gasteiger partial charge < -0.3 is 33.6 Å². The van der Waals surface area contributed by atoms with Crippen molar-refractivity contribution in [3.63, 3.8) is 0 Å². The Balaban J connectivity index is 1.68. The molecule has 30 heavy (non-hydrogen) atoms. The fourth-order valence-corrected chi connectivity index (χ4v) is 3.12. The highest BCUT2D eigenvalue weighted by atomic mass is 16.7. The molecule has 0 radical (unpaired) electrons. The molecular weight excluding hydrogens is 392 g/mol. The number of hydrogen-bond donors (Lipinski definition) is 2. The lowest BCUT2D eigenvalue weighted by atomic mass is 10.1. The minimum Gasteiger partial charge on any atom is -0.508 e. The normalized spacial score (nSPS) is 14.7. The van der Waals surface area contributed by atoms with Crippen LogP contribution in [-0.2, 0) is 9.47 Å². The van der Waals surface area contributed by atoms with Crippen LogP contribution in [0.15, 0.2) is 57.6 Å². The second-order valence-electron chi connectivity index (χ2n) is 7.17. The standard InChI is InChI=1S/C22H20O8/c1-22(2)28-11-14(30-22)10-27-19-6-12(4-5-17(19)26-3)18-9-16(25)21-15(24)7-13(23)8-20(21)29-18/h4-9,11,23-24H,10H2,1-3H3. The first-order valence-electron chi connectivity index (χ1n) is 9.13. The molecule has 0 saturated carbocycles. The van der Waals surface area contributed by atoms with Crippen molar-refractivity contribution >= 4 is 11.0 Å². The summed E-state index contributed by atoms with van der Waals surface area (Å²) in [6, 6.07) is 8.67.